The van der Waals surface area contributed by atoms with E-state index in [1.807, 2.05) is 12.1 Å². The lowest BCUT2D eigenvalue weighted by Crippen LogP contribution is -1.92. The van der Waals surface area contributed by atoms with E-state index in [-0.39, 0.29) is 0 Å². The van der Waals surface area contributed by atoms with Crippen molar-refractivity contribution in [3.63, 3.8) is 0 Å². The van der Waals surface area contributed by atoms with Crippen molar-refractivity contribution in [1.82, 2.24) is 0 Å². The monoisotopic (exact) mass is 175 g/mol. The van der Waals surface area contributed by atoms with E-state index < -0.39 is 0 Å². The lowest BCUT2D eigenvalue weighted by atomic mass is 10.0. The fraction of sp³-hybridized carbons (Fsp3) is 0.273. The highest BCUT2D eigenvalue weighted by molar-refractivity contribution is 5.91. The van der Waals surface area contributed by atoms with Gasteiger partial charge in [0.05, 0.1) is 12.0 Å². The molecule has 2 nitrogen and oxygen atoms in total. The fourth-order valence-electron chi connectivity index (χ4n) is 1.84. The molecule has 2 heteroatoms. The van der Waals surface area contributed by atoms with Gasteiger partial charge in [0.25, 0.3) is 0 Å². The van der Waals surface area contributed by atoms with Crippen molar-refractivity contribution in [2.24, 2.45) is 0 Å². The highest BCUT2D eigenvalue weighted by Gasteiger charge is 2.08. The number of nitrogens with two attached hydrogens (primary N) is 1. The van der Waals surface area contributed by atoms with E-state index >= 15 is 0 Å². The third-order valence-electron chi connectivity index (χ3n) is 2.45. The zero-order valence-corrected chi connectivity index (χ0v) is 7.92. The summed E-state index contributed by atoms with van der Waals surface area (Å²) in [4.78, 5) is 0. The molecule has 68 valence electrons. The maximum Gasteiger partial charge on any atom is 0.157 e. The first-order valence-corrected chi connectivity index (χ1v) is 4.49. The molecular formula is C11H13NO. The average Bonchev–Trinajstić information content (AvgIpc) is 2.53. The van der Waals surface area contributed by atoms with Gasteiger partial charge in [-0.05, 0) is 36.6 Å². The first-order chi connectivity index (χ1) is 6.24. The molecule has 0 aliphatic carbocycles. The number of hydrogen-bond acceptors (Lipinski definition) is 2. The molecule has 0 spiro atoms. The minimum atomic E-state index is 0.731. The second-order valence-electron chi connectivity index (χ2n) is 3.28. The van der Waals surface area contributed by atoms with E-state index in [4.69, 9.17) is 10.2 Å². The van der Waals surface area contributed by atoms with Crippen molar-refractivity contribution in [3.05, 3.63) is 29.5 Å². The largest absolute Gasteiger partial charge is 0.462 e. The van der Waals surface area contributed by atoms with Crippen LogP contribution in [0.1, 0.15) is 18.1 Å². The van der Waals surface area contributed by atoms with Gasteiger partial charge in [-0.2, -0.15) is 0 Å². The standard InChI is InChI=1S/C11H13NO/c1-3-8-7(2)6-10(12)11-9(8)4-5-13-11/h4-6H,3,12H2,1-2H3. The maximum atomic E-state index is 5.83. The van der Waals surface area contributed by atoms with Gasteiger partial charge in [-0.25, -0.2) is 0 Å². The van der Waals surface area contributed by atoms with E-state index in [1.165, 1.54) is 11.1 Å². The average molecular weight is 175 g/mol. The zero-order valence-electron chi connectivity index (χ0n) is 7.92. The molecule has 2 aromatic rings. The molecule has 0 fully saturated rings. The van der Waals surface area contributed by atoms with Crippen LogP contribution in [0.4, 0.5) is 5.69 Å². The number of aryl methyl sites for hydroxylation is 2. The molecule has 0 radical (unpaired) electrons. The van der Waals surface area contributed by atoms with Gasteiger partial charge in [-0.1, -0.05) is 6.92 Å². The molecule has 1 heterocycles. The van der Waals surface area contributed by atoms with Gasteiger partial charge < -0.3 is 10.2 Å². The summed E-state index contributed by atoms with van der Waals surface area (Å²) in [6, 6.07) is 3.96. The van der Waals surface area contributed by atoms with Crippen LogP contribution in [0, 0.1) is 6.92 Å². The van der Waals surface area contributed by atoms with Gasteiger partial charge >= 0.3 is 0 Å². The van der Waals surface area contributed by atoms with Gasteiger partial charge in [-0.15, -0.1) is 0 Å². The van der Waals surface area contributed by atoms with Gasteiger partial charge in [0, 0.05) is 5.39 Å². The molecule has 0 bridgehead atoms. The molecule has 1 aromatic heterocycles. The molecule has 0 saturated heterocycles. The smallest absolute Gasteiger partial charge is 0.157 e. The summed E-state index contributed by atoms with van der Waals surface area (Å²) >= 11 is 0. The topological polar surface area (TPSA) is 39.2 Å². The molecule has 13 heavy (non-hydrogen) atoms. The molecule has 1 aromatic carbocycles. The van der Waals surface area contributed by atoms with Gasteiger partial charge in [0.2, 0.25) is 0 Å². The van der Waals surface area contributed by atoms with Gasteiger partial charge in [0.1, 0.15) is 0 Å². The number of hydrogen-bond donors (Lipinski definition) is 1. The summed E-state index contributed by atoms with van der Waals surface area (Å²) in [5, 5.41) is 1.15. The van der Waals surface area contributed by atoms with E-state index in [2.05, 4.69) is 13.8 Å². The summed E-state index contributed by atoms with van der Waals surface area (Å²) in [5.41, 5.74) is 9.96. The van der Waals surface area contributed by atoms with Crippen molar-refractivity contribution in [3.8, 4) is 0 Å². The Morgan fingerprint density at radius 3 is 2.92 bits per heavy atom. The molecule has 0 saturated carbocycles. The fourth-order valence-corrected chi connectivity index (χ4v) is 1.84. The zero-order chi connectivity index (χ0) is 9.42. The summed E-state index contributed by atoms with van der Waals surface area (Å²) < 4.78 is 5.32. The predicted molar refractivity (Wildman–Crippen MR) is 54.7 cm³/mol. The molecule has 2 N–H and O–H groups in total. The number of anilines is 1. The lowest BCUT2D eigenvalue weighted by Gasteiger charge is -2.05. The predicted octanol–water partition coefficient (Wildman–Crippen LogP) is 2.89. The Morgan fingerprint density at radius 1 is 1.46 bits per heavy atom. The van der Waals surface area contributed by atoms with Crippen molar-refractivity contribution >= 4 is 16.7 Å². The van der Waals surface area contributed by atoms with E-state index in [9.17, 15) is 0 Å². The third-order valence-corrected chi connectivity index (χ3v) is 2.45. The summed E-state index contributed by atoms with van der Waals surface area (Å²) in [6.07, 6.45) is 2.71. The van der Waals surface area contributed by atoms with Crippen molar-refractivity contribution in [2.75, 3.05) is 5.73 Å². The Labute approximate surface area is 77.3 Å². The molecule has 0 unspecified atom stereocenters. The van der Waals surface area contributed by atoms with Crippen LogP contribution in [0.25, 0.3) is 11.0 Å². The van der Waals surface area contributed by atoms with E-state index in [0.29, 0.717) is 0 Å². The van der Waals surface area contributed by atoms with Crippen LogP contribution >= 0.6 is 0 Å². The van der Waals surface area contributed by atoms with Gasteiger partial charge in [0.15, 0.2) is 5.58 Å². The normalized spacial score (nSPS) is 10.9. The van der Waals surface area contributed by atoms with Crippen LogP contribution in [-0.4, -0.2) is 0 Å². The van der Waals surface area contributed by atoms with Crippen LogP contribution in [0.15, 0.2) is 22.8 Å². The maximum absolute atomic E-state index is 5.83. The summed E-state index contributed by atoms with van der Waals surface area (Å²) in [7, 11) is 0. The molecular weight excluding hydrogens is 162 g/mol. The first kappa shape index (κ1) is 8.17. The van der Waals surface area contributed by atoms with E-state index in [1.54, 1.807) is 6.26 Å². The second kappa shape index (κ2) is 2.80. The molecule has 0 aliphatic rings. The van der Waals surface area contributed by atoms with Gasteiger partial charge in [-0.3, -0.25) is 0 Å². The SMILES string of the molecule is CCc1c(C)cc(N)c2occc12. The summed E-state index contributed by atoms with van der Waals surface area (Å²) in [5.74, 6) is 0. The Hall–Kier alpha value is -1.44. The van der Waals surface area contributed by atoms with Crippen molar-refractivity contribution in [1.29, 1.82) is 0 Å². The molecule has 2 rings (SSSR count). The minimum Gasteiger partial charge on any atom is -0.462 e. The van der Waals surface area contributed by atoms with Crippen LogP contribution < -0.4 is 5.73 Å². The number of nitrogen functional groups attached to an aromatic ring is 1. The van der Waals surface area contributed by atoms with E-state index in [0.717, 1.165) is 23.1 Å². The van der Waals surface area contributed by atoms with Crippen LogP contribution in [0.5, 0.6) is 0 Å². The Balaban J connectivity index is 2.88. The summed E-state index contributed by atoms with van der Waals surface area (Å²) in [6.45, 7) is 4.23. The van der Waals surface area contributed by atoms with Crippen LogP contribution in [-0.2, 0) is 6.42 Å². The number of benzene rings is 1. The Morgan fingerprint density at radius 2 is 2.23 bits per heavy atom. The minimum absolute atomic E-state index is 0.731. The lowest BCUT2D eigenvalue weighted by molar-refractivity contribution is 0.617. The quantitative estimate of drug-likeness (QED) is 0.677. The second-order valence-corrected chi connectivity index (χ2v) is 3.28. The molecule has 0 atom stereocenters. The van der Waals surface area contributed by atoms with Crippen LogP contribution in [0.2, 0.25) is 0 Å². The first-order valence-electron chi connectivity index (χ1n) is 4.49. The Kier molecular flexibility index (Phi) is 1.76. The van der Waals surface area contributed by atoms with Crippen molar-refractivity contribution < 1.29 is 4.42 Å². The molecule has 0 amide bonds. The number of fused-ring (bicyclic) bond motifs is 1. The van der Waals surface area contributed by atoms with Crippen molar-refractivity contribution in [2.45, 2.75) is 20.3 Å². The highest BCUT2D eigenvalue weighted by atomic mass is 16.3. The molecule has 0 aliphatic heterocycles. The number of rotatable bonds is 1. The Bertz CT molecular complexity index is 443. The third kappa shape index (κ3) is 1.10. The van der Waals surface area contributed by atoms with Crippen LogP contribution in [0.3, 0.4) is 0 Å². The number of furan rings is 1. The highest BCUT2D eigenvalue weighted by Crippen LogP contribution is 2.28.